The molecule has 0 fully saturated rings. The van der Waals surface area contributed by atoms with Crippen LogP contribution in [0.5, 0.6) is 0 Å². The van der Waals surface area contributed by atoms with Crippen LogP contribution in [0.1, 0.15) is 29.8 Å². The van der Waals surface area contributed by atoms with E-state index < -0.39 is 0 Å². The molecule has 1 aromatic heterocycles. The zero-order valence-electron chi connectivity index (χ0n) is 11.1. The Hall–Kier alpha value is -0.230. The van der Waals surface area contributed by atoms with Gasteiger partial charge in [0, 0.05) is 25.2 Å². The van der Waals surface area contributed by atoms with E-state index in [1.807, 2.05) is 6.07 Å². The number of nitrogens with one attached hydrogen (secondary N) is 1. The molecule has 1 aromatic carbocycles. The fourth-order valence-electron chi connectivity index (χ4n) is 2.07. The van der Waals surface area contributed by atoms with Crippen LogP contribution in [0.15, 0.2) is 38.6 Å². The van der Waals surface area contributed by atoms with E-state index in [0.29, 0.717) is 0 Å². The van der Waals surface area contributed by atoms with Gasteiger partial charge in [-0.15, -0.1) is 11.3 Å². The average molecular weight is 421 g/mol. The highest BCUT2D eigenvalue weighted by Gasteiger charge is 2.14. The van der Waals surface area contributed by atoms with E-state index in [1.165, 1.54) is 10.9 Å². The lowest BCUT2D eigenvalue weighted by Gasteiger charge is -2.17. The average Bonchev–Trinajstić information content (AvgIpc) is 2.80. The molecule has 1 unspecified atom stereocenters. The molecular weight excluding hydrogens is 405 g/mol. The lowest BCUT2D eigenvalue weighted by Crippen LogP contribution is -2.23. The van der Waals surface area contributed by atoms with Gasteiger partial charge in [-0.1, -0.05) is 22.9 Å². The van der Waals surface area contributed by atoms with Gasteiger partial charge in [0.1, 0.15) is 5.82 Å². The molecule has 0 saturated carbocycles. The maximum absolute atomic E-state index is 13.5. The van der Waals surface area contributed by atoms with Gasteiger partial charge in [0.2, 0.25) is 0 Å². The monoisotopic (exact) mass is 419 g/mol. The summed E-state index contributed by atoms with van der Waals surface area (Å²) in [7, 11) is 0. The van der Waals surface area contributed by atoms with Crippen molar-refractivity contribution in [1.29, 1.82) is 0 Å². The highest BCUT2D eigenvalue weighted by Crippen LogP contribution is 2.29. The van der Waals surface area contributed by atoms with Gasteiger partial charge < -0.3 is 5.32 Å². The van der Waals surface area contributed by atoms with Gasteiger partial charge >= 0.3 is 0 Å². The summed E-state index contributed by atoms with van der Waals surface area (Å²) in [4.78, 5) is 1.27. The highest BCUT2D eigenvalue weighted by atomic mass is 79.9. The summed E-state index contributed by atoms with van der Waals surface area (Å²) in [6.45, 7) is 3.10. The standard InChI is InChI=1S/C15H16Br2FNS/c1-2-3-19-14(15-8-12(17)9-20-15)6-10-4-11(16)7-13(18)5-10/h4-5,7-9,14,19H,2-3,6H2,1H3. The number of halogens is 3. The largest absolute Gasteiger partial charge is 0.309 e. The molecule has 0 aliphatic rings. The molecule has 0 bridgehead atoms. The minimum absolute atomic E-state index is 0.198. The topological polar surface area (TPSA) is 12.0 Å². The van der Waals surface area contributed by atoms with E-state index in [1.54, 1.807) is 17.4 Å². The first-order valence-electron chi connectivity index (χ1n) is 6.50. The Labute approximate surface area is 139 Å². The Morgan fingerprint density at radius 3 is 2.60 bits per heavy atom. The number of rotatable bonds is 6. The molecule has 0 aliphatic heterocycles. The minimum Gasteiger partial charge on any atom is -0.309 e. The summed E-state index contributed by atoms with van der Waals surface area (Å²) in [5.41, 5.74) is 0.995. The molecule has 0 amide bonds. The fourth-order valence-corrected chi connectivity index (χ4v) is 4.10. The van der Waals surface area contributed by atoms with Crippen LogP contribution in [-0.2, 0) is 6.42 Å². The number of benzene rings is 1. The van der Waals surface area contributed by atoms with Crippen molar-refractivity contribution in [2.45, 2.75) is 25.8 Å². The number of thiophene rings is 1. The van der Waals surface area contributed by atoms with E-state index in [-0.39, 0.29) is 11.9 Å². The van der Waals surface area contributed by atoms with Crippen molar-refractivity contribution < 1.29 is 4.39 Å². The van der Waals surface area contributed by atoms with Crippen molar-refractivity contribution in [3.63, 3.8) is 0 Å². The van der Waals surface area contributed by atoms with Crippen molar-refractivity contribution in [3.05, 3.63) is 54.8 Å². The SMILES string of the molecule is CCCNC(Cc1cc(F)cc(Br)c1)c1cc(Br)cs1. The van der Waals surface area contributed by atoms with E-state index >= 15 is 0 Å². The van der Waals surface area contributed by atoms with Crippen LogP contribution in [0, 0.1) is 5.82 Å². The first-order chi connectivity index (χ1) is 9.58. The molecule has 5 heteroatoms. The predicted molar refractivity (Wildman–Crippen MR) is 90.9 cm³/mol. The second-order valence-corrected chi connectivity index (χ2v) is 7.43. The molecule has 1 heterocycles. The lowest BCUT2D eigenvalue weighted by atomic mass is 10.0. The Balaban J connectivity index is 2.18. The number of hydrogen-bond acceptors (Lipinski definition) is 2. The Morgan fingerprint density at radius 2 is 2.00 bits per heavy atom. The van der Waals surface area contributed by atoms with Gasteiger partial charge in [-0.3, -0.25) is 0 Å². The summed E-state index contributed by atoms with van der Waals surface area (Å²) in [6.07, 6.45) is 1.86. The smallest absolute Gasteiger partial charge is 0.124 e. The Bertz CT molecular complexity index is 551. The van der Waals surface area contributed by atoms with Crippen molar-refractivity contribution in [2.24, 2.45) is 0 Å². The van der Waals surface area contributed by atoms with Crippen molar-refractivity contribution in [3.8, 4) is 0 Å². The molecule has 2 rings (SSSR count). The zero-order valence-corrected chi connectivity index (χ0v) is 15.1. The van der Waals surface area contributed by atoms with Gasteiger partial charge in [-0.25, -0.2) is 4.39 Å². The van der Waals surface area contributed by atoms with Crippen LogP contribution >= 0.6 is 43.2 Å². The normalized spacial score (nSPS) is 12.6. The van der Waals surface area contributed by atoms with Crippen LogP contribution in [0.25, 0.3) is 0 Å². The zero-order chi connectivity index (χ0) is 14.5. The van der Waals surface area contributed by atoms with Gasteiger partial charge in [0.05, 0.1) is 0 Å². The highest BCUT2D eigenvalue weighted by molar-refractivity contribution is 9.10. The van der Waals surface area contributed by atoms with Gasteiger partial charge in [0.15, 0.2) is 0 Å². The third kappa shape index (κ3) is 4.65. The second kappa shape index (κ2) is 7.69. The molecule has 0 saturated heterocycles. The van der Waals surface area contributed by atoms with Crippen LogP contribution in [-0.4, -0.2) is 6.54 Å². The first kappa shape index (κ1) is 16.1. The van der Waals surface area contributed by atoms with E-state index in [4.69, 9.17) is 0 Å². The fraction of sp³-hybridized carbons (Fsp3) is 0.333. The van der Waals surface area contributed by atoms with Gasteiger partial charge in [-0.05, 0) is 65.1 Å². The molecular formula is C15H16Br2FNS. The molecule has 0 spiro atoms. The summed E-state index contributed by atoms with van der Waals surface area (Å²) in [6, 6.07) is 7.42. The maximum Gasteiger partial charge on any atom is 0.124 e. The predicted octanol–water partition coefficient (Wildman–Crippen LogP) is 5.70. The molecule has 1 nitrogen and oxygen atoms in total. The third-order valence-electron chi connectivity index (χ3n) is 2.93. The van der Waals surface area contributed by atoms with E-state index in [9.17, 15) is 4.39 Å². The van der Waals surface area contributed by atoms with Crippen molar-refractivity contribution in [1.82, 2.24) is 5.32 Å². The second-order valence-electron chi connectivity index (χ2n) is 4.66. The summed E-state index contributed by atoms with van der Waals surface area (Å²) in [5.74, 6) is -0.198. The van der Waals surface area contributed by atoms with Crippen LogP contribution < -0.4 is 5.32 Å². The van der Waals surface area contributed by atoms with Gasteiger partial charge in [0.25, 0.3) is 0 Å². The van der Waals surface area contributed by atoms with Crippen molar-refractivity contribution in [2.75, 3.05) is 6.54 Å². The Morgan fingerprint density at radius 1 is 1.20 bits per heavy atom. The molecule has 108 valence electrons. The minimum atomic E-state index is -0.198. The molecule has 1 N–H and O–H groups in total. The maximum atomic E-state index is 13.5. The number of hydrogen-bond donors (Lipinski definition) is 1. The van der Waals surface area contributed by atoms with Crippen LogP contribution in [0.4, 0.5) is 4.39 Å². The van der Waals surface area contributed by atoms with Crippen molar-refractivity contribution >= 4 is 43.2 Å². The summed E-state index contributed by atoms with van der Waals surface area (Å²) in [5, 5.41) is 5.62. The lowest BCUT2D eigenvalue weighted by molar-refractivity contribution is 0.534. The molecule has 1 atom stereocenters. The van der Waals surface area contributed by atoms with Crippen LogP contribution in [0.2, 0.25) is 0 Å². The summed E-state index contributed by atoms with van der Waals surface area (Å²) >= 11 is 8.56. The van der Waals surface area contributed by atoms with E-state index in [0.717, 1.165) is 33.9 Å². The molecule has 0 aliphatic carbocycles. The Kier molecular flexibility index (Phi) is 6.20. The quantitative estimate of drug-likeness (QED) is 0.632. The molecule has 20 heavy (non-hydrogen) atoms. The third-order valence-corrected chi connectivity index (χ3v) is 5.20. The van der Waals surface area contributed by atoms with Gasteiger partial charge in [-0.2, -0.15) is 0 Å². The molecule has 2 aromatic rings. The van der Waals surface area contributed by atoms with E-state index in [2.05, 4.69) is 55.5 Å². The molecule has 0 radical (unpaired) electrons. The summed E-state index contributed by atoms with van der Waals surface area (Å²) < 4.78 is 15.4. The van der Waals surface area contributed by atoms with Crippen LogP contribution in [0.3, 0.4) is 0 Å². The first-order valence-corrected chi connectivity index (χ1v) is 8.97.